The third kappa shape index (κ3) is 1.60. The molecular formula is C9H8N2OS2. The van der Waals surface area contributed by atoms with Crippen LogP contribution in [0, 0.1) is 0 Å². The van der Waals surface area contributed by atoms with Gasteiger partial charge in [0.1, 0.15) is 4.88 Å². The SMILES string of the molecule is CCc1nnsc1C(=O)c1cccs1. The lowest BCUT2D eigenvalue weighted by molar-refractivity contribution is 0.104. The number of aryl methyl sites for hydroxylation is 1. The average molecular weight is 224 g/mol. The molecule has 0 unspecified atom stereocenters. The number of nitrogens with zero attached hydrogens (tertiary/aromatic N) is 2. The number of aromatic nitrogens is 2. The molecule has 0 saturated carbocycles. The van der Waals surface area contributed by atoms with Gasteiger partial charge in [-0.05, 0) is 29.4 Å². The topological polar surface area (TPSA) is 42.9 Å². The highest BCUT2D eigenvalue weighted by Gasteiger charge is 2.17. The Kier molecular flexibility index (Phi) is 2.69. The molecular weight excluding hydrogens is 216 g/mol. The molecule has 0 saturated heterocycles. The minimum Gasteiger partial charge on any atom is -0.287 e. The Balaban J connectivity index is 2.36. The standard InChI is InChI=1S/C9H8N2OS2/c1-2-6-9(14-11-10-6)8(12)7-4-3-5-13-7/h3-5H,2H2,1H3. The predicted octanol–water partition coefficient (Wildman–Crippen LogP) is 2.39. The second-order valence-corrected chi connectivity index (χ2v) is 4.41. The zero-order valence-corrected chi connectivity index (χ0v) is 9.19. The van der Waals surface area contributed by atoms with E-state index in [9.17, 15) is 4.79 Å². The molecule has 72 valence electrons. The first-order valence-electron chi connectivity index (χ1n) is 4.22. The fourth-order valence-electron chi connectivity index (χ4n) is 1.13. The van der Waals surface area contributed by atoms with Gasteiger partial charge in [-0.25, -0.2) is 0 Å². The van der Waals surface area contributed by atoms with Gasteiger partial charge in [0.25, 0.3) is 0 Å². The normalized spacial score (nSPS) is 10.4. The van der Waals surface area contributed by atoms with Crippen LogP contribution < -0.4 is 0 Å². The summed E-state index contributed by atoms with van der Waals surface area (Å²) in [5, 5.41) is 5.81. The maximum Gasteiger partial charge on any atom is 0.216 e. The second kappa shape index (κ2) is 3.98. The molecule has 2 aromatic rings. The lowest BCUT2D eigenvalue weighted by Gasteiger charge is -1.94. The van der Waals surface area contributed by atoms with Gasteiger partial charge in [-0.15, -0.1) is 16.4 Å². The number of rotatable bonds is 3. The minimum absolute atomic E-state index is 0.0480. The molecule has 0 radical (unpaired) electrons. The van der Waals surface area contributed by atoms with Crippen LogP contribution in [0.4, 0.5) is 0 Å². The highest BCUT2D eigenvalue weighted by Crippen LogP contribution is 2.19. The molecule has 2 heterocycles. The number of hydrogen-bond donors (Lipinski definition) is 0. The fraction of sp³-hybridized carbons (Fsp3) is 0.222. The lowest BCUT2D eigenvalue weighted by atomic mass is 10.2. The summed E-state index contributed by atoms with van der Waals surface area (Å²) in [5.74, 6) is 0.0480. The minimum atomic E-state index is 0.0480. The molecule has 5 heteroatoms. The van der Waals surface area contributed by atoms with Crippen molar-refractivity contribution in [2.45, 2.75) is 13.3 Å². The van der Waals surface area contributed by atoms with Crippen LogP contribution in [0.3, 0.4) is 0 Å². The van der Waals surface area contributed by atoms with E-state index in [0.29, 0.717) is 4.88 Å². The molecule has 14 heavy (non-hydrogen) atoms. The van der Waals surface area contributed by atoms with Gasteiger partial charge in [-0.1, -0.05) is 17.5 Å². The molecule has 0 aliphatic heterocycles. The van der Waals surface area contributed by atoms with Gasteiger partial charge in [0, 0.05) is 0 Å². The molecule has 0 bridgehead atoms. The van der Waals surface area contributed by atoms with Crippen LogP contribution in [0.5, 0.6) is 0 Å². The van der Waals surface area contributed by atoms with Crippen molar-refractivity contribution in [2.24, 2.45) is 0 Å². The first-order valence-corrected chi connectivity index (χ1v) is 5.87. The van der Waals surface area contributed by atoms with E-state index >= 15 is 0 Å². The first-order chi connectivity index (χ1) is 6.83. The Labute approximate surface area is 89.6 Å². The van der Waals surface area contributed by atoms with Crippen molar-refractivity contribution in [3.05, 3.63) is 33.0 Å². The third-order valence-corrected chi connectivity index (χ3v) is 3.48. The summed E-state index contributed by atoms with van der Waals surface area (Å²) in [6, 6.07) is 3.70. The maximum absolute atomic E-state index is 11.9. The van der Waals surface area contributed by atoms with Crippen LogP contribution in [-0.4, -0.2) is 15.4 Å². The van der Waals surface area contributed by atoms with Gasteiger partial charge in [-0.3, -0.25) is 4.79 Å². The highest BCUT2D eigenvalue weighted by atomic mass is 32.1. The van der Waals surface area contributed by atoms with Crippen molar-refractivity contribution in [2.75, 3.05) is 0 Å². The zero-order chi connectivity index (χ0) is 9.97. The van der Waals surface area contributed by atoms with Crippen LogP contribution >= 0.6 is 22.9 Å². The molecule has 0 fully saturated rings. The Morgan fingerprint density at radius 2 is 2.43 bits per heavy atom. The second-order valence-electron chi connectivity index (χ2n) is 2.71. The van der Waals surface area contributed by atoms with Gasteiger partial charge in [-0.2, -0.15) is 0 Å². The third-order valence-electron chi connectivity index (χ3n) is 1.84. The molecule has 0 N–H and O–H groups in total. The predicted molar refractivity (Wildman–Crippen MR) is 57.0 cm³/mol. The smallest absolute Gasteiger partial charge is 0.216 e. The number of thiophene rings is 1. The van der Waals surface area contributed by atoms with Crippen molar-refractivity contribution >= 4 is 28.7 Å². The molecule has 0 aliphatic rings. The molecule has 3 nitrogen and oxygen atoms in total. The van der Waals surface area contributed by atoms with Gasteiger partial charge < -0.3 is 0 Å². The number of carbonyl (C=O) groups excluding carboxylic acids is 1. The molecule has 2 aromatic heterocycles. The fourth-order valence-corrected chi connectivity index (χ4v) is 2.57. The summed E-state index contributed by atoms with van der Waals surface area (Å²) < 4.78 is 3.80. The van der Waals surface area contributed by atoms with Gasteiger partial charge in [0.15, 0.2) is 0 Å². The van der Waals surface area contributed by atoms with Crippen molar-refractivity contribution in [3.63, 3.8) is 0 Å². The summed E-state index contributed by atoms with van der Waals surface area (Å²) in [4.78, 5) is 13.3. The summed E-state index contributed by atoms with van der Waals surface area (Å²) >= 11 is 2.63. The van der Waals surface area contributed by atoms with E-state index in [-0.39, 0.29) is 5.78 Å². The first kappa shape index (κ1) is 9.48. The van der Waals surface area contributed by atoms with Crippen molar-refractivity contribution in [1.82, 2.24) is 9.59 Å². The van der Waals surface area contributed by atoms with Crippen LogP contribution in [0.1, 0.15) is 27.2 Å². The van der Waals surface area contributed by atoms with Crippen molar-refractivity contribution < 1.29 is 4.79 Å². The Bertz CT molecular complexity index is 433. The van der Waals surface area contributed by atoms with Gasteiger partial charge in [0.05, 0.1) is 10.6 Å². The summed E-state index contributed by atoms with van der Waals surface area (Å²) in [6.07, 6.45) is 0.753. The molecule has 0 atom stereocenters. The molecule has 0 aromatic carbocycles. The van der Waals surface area contributed by atoms with Gasteiger partial charge in [0.2, 0.25) is 5.78 Å². The van der Waals surface area contributed by atoms with E-state index in [1.54, 1.807) is 0 Å². The monoisotopic (exact) mass is 224 g/mol. The summed E-state index contributed by atoms with van der Waals surface area (Å²) in [6.45, 7) is 1.97. The van der Waals surface area contributed by atoms with Gasteiger partial charge >= 0.3 is 0 Å². The van der Waals surface area contributed by atoms with Crippen LogP contribution in [-0.2, 0) is 6.42 Å². The van der Waals surface area contributed by atoms with E-state index in [2.05, 4.69) is 9.59 Å². The van der Waals surface area contributed by atoms with E-state index in [0.717, 1.165) is 17.0 Å². The Morgan fingerprint density at radius 1 is 1.57 bits per heavy atom. The average Bonchev–Trinajstić information content (AvgIpc) is 2.87. The highest BCUT2D eigenvalue weighted by molar-refractivity contribution is 7.14. The number of carbonyl (C=O) groups is 1. The lowest BCUT2D eigenvalue weighted by Crippen LogP contribution is -1.99. The Hall–Kier alpha value is -1.07. The van der Waals surface area contributed by atoms with Crippen molar-refractivity contribution in [1.29, 1.82) is 0 Å². The molecule has 2 rings (SSSR count). The number of ketones is 1. The van der Waals surface area contributed by atoms with Crippen LogP contribution in [0.2, 0.25) is 0 Å². The van der Waals surface area contributed by atoms with Crippen molar-refractivity contribution in [3.8, 4) is 0 Å². The molecule has 0 spiro atoms. The maximum atomic E-state index is 11.9. The van der Waals surface area contributed by atoms with Crippen LogP contribution in [0.15, 0.2) is 17.5 Å². The van der Waals surface area contributed by atoms with E-state index < -0.39 is 0 Å². The number of hydrogen-bond acceptors (Lipinski definition) is 5. The zero-order valence-electron chi connectivity index (χ0n) is 7.56. The molecule has 0 aliphatic carbocycles. The van der Waals surface area contributed by atoms with E-state index in [1.807, 2.05) is 24.4 Å². The van der Waals surface area contributed by atoms with E-state index in [4.69, 9.17) is 0 Å². The Morgan fingerprint density at radius 3 is 3.07 bits per heavy atom. The quantitative estimate of drug-likeness (QED) is 0.752. The summed E-state index contributed by atoms with van der Waals surface area (Å²) in [5.41, 5.74) is 0.799. The molecule has 0 amide bonds. The summed E-state index contributed by atoms with van der Waals surface area (Å²) in [7, 11) is 0. The largest absolute Gasteiger partial charge is 0.287 e. The van der Waals surface area contributed by atoms with E-state index in [1.165, 1.54) is 22.9 Å². The van der Waals surface area contributed by atoms with Crippen LogP contribution in [0.25, 0.3) is 0 Å².